The van der Waals surface area contributed by atoms with Gasteiger partial charge >= 0.3 is 0 Å². The topological polar surface area (TPSA) is 31.4 Å². The van der Waals surface area contributed by atoms with Crippen molar-refractivity contribution in [3.63, 3.8) is 0 Å². The summed E-state index contributed by atoms with van der Waals surface area (Å²) in [6.45, 7) is 1.50. The lowest BCUT2D eigenvalue weighted by Gasteiger charge is -2.22. The number of pyridine rings is 1. The summed E-state index contributed by atoms with van der Waals surface area (Å²) in [5, 5.41) is 2.38. The zero-order valence-electron chi connectivity index (χ0n) is 13.7. The van der Waals surface area contributed by atoms with E-state index in [1.54, 1.807) is 0 Å². The number of nitrogens with zero attached hydrogens (tertiary/aromatic N) is 1. The highest BCUT2D eigenvalue weighted by Gasteiger charge is 2.14. The number of rotatable bonds is 4. The Balaban J connectivity index is 1.50. The number of hydrogen-bond acceptors (Lipinski definition) is 3. The molecule has 0 bridgehead atoms. The molecule has 0 aliphatic carbocycles. The molecule has 0 amide bonds. The Morgan fingerprint density at radius 1 is 1.04 bits per heavy atom. The minimum Gasteiger partial charge on any atom is -0.491 e. The van der Waals surface area contributed by atoms with Gasteiger partial charge in [-0.05, 0) is 54.0 Å². The Morgan fingerprint density at radius 3 is 2.79 bits per heavy atom. The second-order valence-corrected chi connectivity index (χ2v) is 6.23. The molecule has 4 rings (SSSR count). The smallest absolute Gasteiger partial charge is 0.119 e. The molecule has 1 saturated heterocycles. The molecule has 24 heavy (non-hydrogen) atoms. The predicted octanol–water partition coefficient (Wildman–Crippen LogP) is 4.85. The Labute approximate surface area is 142 Å². The summed E-state index contributed by atoms with van der Waals surface area (Å²) >= 11 is 0. The van der Waals surface area contributed by atoms with Gasteiger partial charge < -0.3 is 9.47 Å². The molecule has 3 aromatic rings. The largest absolute Gasteiger partial charge is 0.491 e. The lowest BCUT2D eigenvalue weighted by atomic mass is 10.00. The van der Waals surface area contributed by atoms with E-state index in [-0.39, 0.29) is 6.10 Å². The van der Waals surface area contributed by atoms with Crippen LogP contribution in [0, 0.1) is 0 Å². The molecule has 1 aliphatic heterocycles. The number of ether oxygens (including phenoxy) is 2. The molecular formula is C21H21NO2. The summed E-state index contributed by atoms with van der Waals surface area (Å²) in [5.74, 6) is 0.895. The monoisotopic (exact) mass is 319 g/mol. The normalized spacial score (nSPS) is 17.8. The molecule has 2 aromatic carbocycles. The Bertz CT molecular complexity index is 802. The Hall–Kier alpha value is -2.39. The van der Waals surface area contributed by atoms with Crippen LogP contribution in [0.3, 0.4) is 0 Å². The van der Waals surface area contributed by atoms with Crippen LogP contribution in [0.4, 0.5) is 0 Å². The minimum absolute atomic E-state index is 0.238. The molecule has 3 nitrogen and oxygen atoms in total. The molecule has 1 aromatic heterocycles. The van der Waals surface area contributed by atoms with Gasteiger partial charge in [-0.15, -0.1) is 0 Å². The first-order valence-electron chi connectivity index (χ1n) is 8.58. The maximum atomic E-state index is 5.89. The molecule has 0 saturated carbocycles. The van der Waals surface area contributed by atoms with Gasteiger partial charge in [-0.2, -0.15) is 0 Å². The van der Waals surface area contributed by atoms with Crippen molar-refractivity contribution < 1.29 is 9.47 Å². The van der Waals surface area contributed by atoms with E-state index in [0.717, 1.165) is 18.8 Å². The van der Waals surface area contributed by atoms with Gasteiger partial charge in [0.25, 0.3) is 0 Å². The van der Waals surface area contributed by atoms with Crippen LogP contribution in [0.15, 0.2) is 60.9 Å². The molecule has 2 heterocycles. The highest BCUT2D eigenvalue weighted by Crippen LogP contribution is 2.29. The molecule has 1 unspecified atom stereocenters. The van der Waals surface area contributed by atoms with Crippen LogP contribution in [-0.2, 0) is 4.74 Å². The van der Waals surface area contributed by atoms with E-state index >= 15 is 0 Å². The Kier molecular flexibility index (Phi) is 4.43. The van der Waals surface area contributed by atoms with Gasteiger partial charge in [-0.3, -0.25) is 4.98 Å². The zero-order valence-corrected chi connectivity index (χ0v) is 13.7. The van der Waals surface area contributed by atoms with Gasteiger partial charge in [0.1, 0.15) is 12.4 Å². The van der Waals surface area contributed by atoms with Crippen molar-refractivity contribution in [2.24, 2.45) is 0 Å². The van der Waals surface area contributed by atoms with E-state index in [1.165, 1.54) is 34.7 Å². The van der Waals surface area contributed by atoms with E-state index in [4.69, 9.17) is 9.47 Å². The molecule has 0 spiro atoms. The van der Waals surface area contributed by atoms with Crippen molar-refractivity contribution in [1.29, 1.82) is 0 Å². The SMILES string of the molecule is c1cc(-c2ccc(OCC3CCCCO3)cc2)c2cnccc2c1. The number of benzene rings is 2. The lowest BCUT2D eigenvalue weighted by Crippen LogP contribution is -2.25. The second-order valence-electron chi connectivity index (χ2n) is 6.23. The van der Waals surface area contributed by atoms with E-state index in [2.05, 4.69) is 35.3 Å². The third kappa shape index (κ3) is 3.26. The summed E-state index contributed by atoms with van der Waals surface area (Å²) in [5.41, 5.74) is 2.37. The minimum atomic E-state index is 0.238. The van der Waals surface area contributed by atoms with Crippen molar-refractivity contribution in [2.75, 3.05) is 13.2 Å². The van der Waals surface area contributed by atoms with Gasteiger partial charge in [-0.1, -0.05) is 30.3 Å². The number of aromatic nitrogens is 1. The molecule has 122 valence electrons. The highest BCUT2D eigenvalue weighted by molar-refractivity contribution is 5.95. The first kappa shape index (κ1) is 15.2. The first-order chi connectivity index (χ1) is 11.9. The average molecular weight is 319 g/mol. The van der Waals surface area contributed by atoms with E-state index in [1.807, 2.05) is 30.6 Å². The summed E-state index contributed by atoms with van der Waals surface area (Å²) in [7, 11) is 0. The predicted molar refractivity (Wildman–Crippen MR) is 96.3 cm³/mol. The van der Waals surface area contributed by atoms with Gasteiger partial charge in [0.05, 0.1) is 6.10 Å². The van der Waals surface area contributed by atoms with E-state index in [9.17, 15) is 0 Å². The van der Waals surface area contributed by atoms with Crippen LogP contribution >= 0.6 is 0 Å². The van der Waals surface area contributed by atoms with Gasteiger partial charge in [0.2, 0.25) is 0 Å². The van der Waals surface area contributed by atoms with Crippen LogP contribution < -0.4 is 4.74 Å². The van der Waals surface area contributed by atoms with Crippen LogP contribution in [-0.4, -0.2) is 24.3 Å². The van der Waals surface area contributed by atoms with Gasteiger partial charge in [0, 0.05) is 24.4 Å². The second kappa shape index (κ2) is 7.02. The molecule has 3 heteroatoms. The summed E-state index contributed by atoms with van der Waals surface area (Å²) in [6, 6.07) is 16.7. The van der Waals surface area contributed by atoms with Gasteiger partial charge in [0.15, 0.2) is 0 Å². The van der Waals surface area contributed by atoms with E-state index < -0.39 is 0 Å². The summed E-state index contributed by atoms with van der Waals surface area (Å²) in [6.07, 6.45) is 7.50. The van der Waals surface area contributed by atoms with Crippen LogP contribution in [0.5, 0.6) is 5.75 Å². The van der Waals surface area contributed by atoms with Crippen molar-refractivity contribution in [3.8, 4) is 16.9 Å². The fourth-order valence-electron chi connectivity index (χ4n) is 3.22. The molecule has 0 radical (unpaired) electrons. The number of hydrogen-bond donors (Lipinski definition) is 0. The molecule has 0 N–H and O–H groups in total. The molecule has 1 fully saturated rings. The van der Waals surface area contributed by atoms with E-state index in [0.29, 0.717) is 6.61 Å². The maximum Gasteiger partial charge on any atom is 0.119 e. The molecular weight excluding hydrogens is 298 g/mol. The lowest BCUT2D eigenvalue weighted by molar-refractivity contribution is -0.0110. The zero-order chi connectivity index (χ0) is 16.2. The Morgan fingerprint density at radius 2 is 1.96 bits per heavy atom. The third-order valence-electron chi connectivity index (χ3n) is 4.56. The summed E-state index contributed by atoms with van der Waals surface area (Å²) in [4.78, 5) is 4.26. The summed E-state index contributed by atoms with van der Waals surface area (Å²) < 4.78 is 11.6. The van der Waals surface area contributed by atoms with Crippen molar-refractivity contribution in [1.82, 2.24) is 4.98 Å². The molecule has 1 atom stereocenters. The van der Waals surface area contributed by atoms with Crippen LogP contribution in [0.1, 0.15) is 19.3 Å². The van der Waals surface area contributed by atoms with Crippen LogP contribution in [0.25, 0.3) is 21.9 Å². The fourth-order valence-corrected chi connectivity index (χ4v) is 3.22. The van der Waals surface area contributed by atoms with Crippen LogP contribution in [0.2, 0.25) is 0 Å². The third-order valence-corrected chi connectivity index (χ3v) is 4.56. The first-order valence-corrected chi connectivity index (χ1v) is 8.58. The fraction of sp³-hybridized carbons (Fsp3) is 0.286. The van der Waals surface area contributed by atoms with Crippen molar-refractivity contribution in [2.45, 2.75) is 25.4 Å². The number of fused-ring (bicyclic) bond motifs is 1. The van der Waals surface area contributed by atoms with Crippen molar-refractivity contribution in [3.05, 3.63) is 60.9 Å². The standard InChI is InChI=1S/C21H21NO2/c1-2-13-23-19(5-1)15-24-18-9-7-17(8-10-18)20-6-3-4-16-11-12-22-14-21(16)20/h3-4,6-12,14,19H,1-2,5,13,15H2. The highest BCUT2D eigenvalue weighted by atomic mass is 16.5. The van der Waals surface area contributed by atoms with Gasteiger partial charge in [-0.25, -0.2) is 0 Å². The van der Waals surface area contributed by atoms with Crippen molar-refractivity contribution >= 4 is 10.8 Å². The average Bonchev–Trinajstić information content (AvgIpc) is 2.67. The maximum absolute atomic E-state index is 5.89. The molecule has 1 aliphatic rings. The quantitative estimate of drug-likeness (QED) is 0.689.